The van der Waals surface area contributed by atoms with Gasteiger partial charge >= 0.3 is 6.03 Å². The van der Waals surface area contributed by atoms with Crippen molar-refractivity contribution in [2.75, 3.05) is 11.9 Å². The number of furan rings is 1. The van der Waals surface area contributed by atoms with Gasteiger partial charge in [0, 0.05) is 27.8 Å². The molecule has 3 aromatic rings. The SMILES string of the molecule is Cc1cc2cc(NC(=O)NCC(C)(O)c3cc(C)oc3C)ccc2[nH]1. The molecule has 0 spiro atoms. The minimum Gasteiger partial charge on any atom is -0.466 e. The van der Waals surface area contributed by atoms with Crippen LogP contribution in [0.25, 0.3) is 10.9 Å². The summed E-state index contributed by atoms with van der Waals surface area (Å²) in [5.74, 6) is 1.38. The molecule has 2 amide bonds. The number of carbonyl (C=O) groups excluding carboxylic acids is 1. The van der Waals surface area contributed by atoms with E-state index in [2.05, 4.69) is 15.6 Å². The van der Waals surface area contributed by atoms with Crippen LogP contribution in [0.4, 0.5) is 10.5 Å². The van der Waals surface area contributed by atoms with Crippen LogP contribution in [0.5, 0.6) is 0 Å². The fourth-order valence-corrected chi connectivity index (χ4v) is 3.04. The molecular formula is C19H23N3O3. The molecule has 25 heavy (non-hydrogen) atoms. The minimum absolute atomic E-state index is 0.0736. The third-order valence-electron chi connectivity index (χ3n) is 4.23. The number of anilines is 1. The molecule has 0 bridgehead atoms. The van der Waals surface area contributed by atoms with Gasteiger partial charge in [0.1, 0.15) is 17.1 Å². The van der Waals surface area contributed by atoms with Crippen LogP contribution in [0.3, 0.4) is 0 Å². The van der Waals surface area contributed by atoms with Crippen LogP contribution in [0.1, 0.15) is 29.7 Å². The van der Waals surface area contributed by atoms with Crippen LogP contribution in [0.15, 0.2) is 34.7 Å². The second kappa shape index (κ2) is 6.29. The van der Waals surface area contributed by atoms with E-state index in [9.17, 15) is 9.90 Å². The van der Waals surface area contributed by atoms with Crippen LogP contribution in [-0.4, -0.2) is 22.7 Å². The number of carbonyl (C=O) groups is 1. The Morgan fingerprint density at radius 3 is 2.68 bits per heavy atom. The number of rotatable bonds is 4. The van der Waals surface area contributed by atoms with Crippen molar-refractivity contribution in [2.24, 2.45) is 0 Å². The van der Waals surface area contributed by atoms with Crippen LogP contribution in [0, 0.1) is 20.8 Å². The van der Waals surface area contributed by atoms with Crippen molar-refractivity contribution in [3.63, 3.8) is 0 Å². The largest absolute Gasteiger partial charge is 0.466 e. The van der Waals surface area contributed by atoms with Gasteiger partial charge in [-0.25, -0.2) is 4.79 Å². The lowest BCUT2D eigenvalue weighted by atomic mass is 9.96. The van der Waals surface area contributed by atoms with E-state index in [0.29, 0.717) is 17.0 Å². The first-order valence-corrected chi connectivity index (χ1v) is 8.19. The molecule has 0 aliphatic heterocycles. The molecule has 1 atom stereocenters. The van der Waals surface area contributed by atoms with Crippen LogP contribution in [0.2, 0.25) is 0 Å². The highest BCUT2D eigenvalue weighted by atomic mass is 16.3. The quantitative estimate of drug-likeness (QED) is 0.583. The number of benzene rings is 1. The Bertz CT molecular complexity index is 921. The molecule has 6 heteroatoms. The van der Waals surface area contributed by atoms with Crippen molar-refractivity contribution < 1.29 is 14.3 Å². The Hall–Kier alpha value is -2.73. The maximum atomic E-state index is 12.2. The van der Waals surface area contributed by atoms with Crippen molar-refractivity contribution in [3.05, 3.63) is 53.1 Å². The van der Waals surface area contributed by atoms with E-state index in [1.807, 2.05) is 38.1 Å². The fourth-order valence-electron chi connectivity index (χ4n) is 3.04. The monoisotopic (exact) mass is 341 g/mol. The Morgan fingerprint density at radius 2 is 2.00 bits per heavy atom. The number of fused-ring (bicyclic) bond motifs is 1. The molecule has 132 valence electrons. The van der Waals surface area contributed by atoms with Crippen molar-refractivity contribution >= 4 is 22.6 Å². The molecule has 4 N–H and O–H groups in total. The van der Waals surface area contributed by atoms with E-state index >= 15 is 0 Å². The van der Waals surface area contributed by atoms with Crippen LogP contribution < -0.4 is 10.6 Å². The van der Waals surface area contributed by atoms with Gasteiger partial charge in [0.2, 0.25) is 0 Å². The van der Waals surface area contributed by atoms with Gasteiger partial charge in [-0.3, -0.25) is 0 Å². The molecule has 0 saturated heterocycles. The maximum Gasteiger partial charge on any atom is 0.319 e. The van der Waals surface area contributed by atoms with E-state index in [1.54, 1.807) is 19.9 Å². The number of urea groups is 1. The summed E-state index contributed by atoms with van der Waals surface area (Å²) < 4.78 is 5.45. The van der Waals surface area contributed by atoms with Crippen LogP contribution in [-0.2, 0) is 5.60 Å². The number of nitrogens with one attached hydrogen (secondary N) is 3. The van der Waals surface area contributed by atoms with Gasteiger partial charge in [-0.15, -0.1) is 0 Å². The lowest BCUT2D eigenvalue weighted by molar-refractivity contribution is 0.0584. The van der Waals surface area contributed by atoms with Crippen molar-refractivity contribution in [3.8, 4) is 0 Å². The van der Waals surface area contributed by atoms with Gasteiger partial charge in [-0.2, -0.15) is 0 Å². The number of aliphatic hydroxyl groups is 1. The third kappa shape index (κ3) is 3.69. The summed E-state index contributed by atoms with van der Waals surface area (Å²) in [6, 6.07) is 9.10. The number of hydrogen-bond acceptors (Lipinski definition) is 3. The highest BCUT2D eigenvalue weighted by Crippen LogP contribution is 2.26. The van der Waals surface area contributed by atoms with E-state index in [-0.39, 0.29) is 12.6 Å². The molecule has 0 fully saturated rings. The average molecular weight is 341 g/mol. The predicted molar refractivity (Wildman–Crippen MR) is 97.8 cm³/mol. The molecule has 0 radical (unpaired) electrons. The summed E-state index contributed by atoms with van der Waals surface area (Å²) in [6.45, 7) is 7.33. The second-order valence-electron chi connectivity index (χ2n) is 6.66. The van der Waals surface area contributed by atoms with Gasteiger partial charge in [0.05, 0.1) is 6.54 Å². The van der Waals surface area contributed by atoms with Crippen LogP contribution >= 0.6 is 0 Å². The molecule has 6 nitrogen and oxygen atoms in total. The van der Waals surface area contributed by atoms with Gasteiger partial charge in [-0.1, -0.05) is 0 Å². The number of aromatic nitrogens is 1. The van der Waals surface area contributed by atoms with Crippen molar-refractivity contribution in [2.45, 2.75) is 33.3 Å². The molecular weight excluding hydrogens is 318 g/mol. The fraction of sp³-hybridized carbons (Fsp3) is 0.316. The first-order chi connectivity index (χ1) is 11.7. The highest BCUT2D eigenvalue weighted by Gasteiger charge is 2.28. The van der Waals surface area contributed by atoms with E-state index in [4.69, 9.17) is 4.42 Å². The molecule has 2 heterocycles. The highest BCUT2D eigenvalue weighted by molar-refractivity contribution is 5.93. The summed E-state index contributed by atoms with van der Waals surface area (Å²) >= 11 is 0. The number of aromatic amines is 1. The Kier molecular flexibility index (Phi) is 4.30. The van der Waals surface area contributed by atoms with Gasteiger partial charge in [0.25, 0.3) is 0 Å². The van der Waals surface area contributed by atoms with E-state index < -0.39 is 5.60 Å². The molecule has 2 aromatic heterocycles. The van der Waals surface area contributed by atoms with Gasteiger partial charge < -0.3 is 25.1 Å². The molecule has 0 aliphatic carbocycles. The first kappa shape index (κ1) is 17.1. The lowest BCUT2D eigenvalue weighted by Crippen LogP contribution is -2.40. The Morgan fingerprint density at radius 1 is 1.24 bits per heavy atom. The van der Waals surface area contributed by atoms with Crippen molar-refractivity contribution in [1.29, 1.82) is 0 Å². The summed E-state index contributed by atoms with van der Waals surface area (Å²) in [5.41, 5.74) is 2.25. The molecule has 1 aromatic carbocycles. The minimum atomic E-state index is -1.21. The predicted octanol–water partition coefficient (Wildman–Crippen LogP) is 3.72. The summed E-state index contributed by atoms with van der Waals surface area (Å²) in [7, 11) is 0. The Labute approximate surface area is 146 Å². The molecule has 3 rings (SSSR count). The molecule has 1 unspecified atom stereocenters. The van der Waals surface area contributed by atoms with Crippen molar-refractivity contribution in [1.82, 2.24) is 10.3 Å². The van der Waals surface area contributed by atoms with E-state index in [1.165, 1.54) is 0 Å². The summed E-state index contributed by atoms with van der Waals surface area (Å²) in [6.07, 6.45) is 0. The normalized spacial score (nSPS) is 13.6. The summed E-state index contributed by atoms with van der Waals surface area (Å²) in [5, 5.41) is 17.2. The van der Waals surface area contributed by atoms with Gasteiger partial charge in [-0.05, 0) is 58.0 Å². The van der Waals surface area contributed by atoms with Gasteiger partial charge in [0.15, 0.2) is 0 Å². The zero-order valence-corrected chi connectivity index (χ0v) is 14.9. The third-order valence-corrected chi connectivity index (χ3v) is 4.23. The Balaban J connectivity index is 1.64. The number of amides is 2. The maximum absolute atomic E-state index is 12.2. The zero-order valence-electron chi connectivity index (χ0n) is 14.9. The number of aryl methyl sites for hydroxylation is 3. The smallest absolute Gasteiger partial charge is 0.319 e. The topological polar surface area (TPSA) is 90.3 Å². The standard InChI is InChI=1S/C19H23N3O3/c1-11-7-14-9-15(5-6-17(14)21-11)22-18(23)20-10-19(4,24)16-8-12(2)25-13(16)3/h5-9,21,24H,10H2,1-4H3,(H2,20,22,23). The lowest BCUT2D eigenvalue weighted by Gasteiger charge is -2.23. The van der Waals surface area contributed by atoms with E-state index in [0.717, 1.165) is 22.4 Å². The average Bonchev–Trinajstić information content (AvgIpc) is 3.06. The number of hydrogen-bond donors (Lipinski definition) is 4. The summed E-state index contributed by atoms with van der Waals surface area (Å²) in [4.78, 5) is 15.4. The molecule has 0 aliphatic rings. The number of H-pyrrole nitrogens is 1. The second-order valence-corrected chi connectivity index (χ2v) is 6.66. The first-order valence-electron chi connectivity index (χ1n) is 8.19. The molecule has 0 saturated carbocycles. The zero-order chi connectivity index (χ0) is 18.2.